The molecule has 0 saturated heterocycles. The van der Waals surface area contributed by atoms with Gasteiger partial charge >= 0.3 is 0 Å². The quantitative estimate of drug-likeness (QED) is 0.707. The highest BCUT2D eigenvalue weighted by atomic mass is 16.5. The molecule has 0 aliphatic heterocycles. The lowest BCUT2D eigenvalue weighted by molar-refractivity contribution is -0.122. The van der Waals surface area contributed by atoms with Crippen LogP contribution in [0, 0.1) is 6.92 Å². The number of rotatable bonds is 7. The molecule has 1 amide bonds. The van der Waals surface area contributed by atoms with Gasteiger partial charge in [0.2, 0.25) is 11.8 Å². The molecule has 1 atom stereocenters. The molecule has 0 fully saturated rings. The molecule has 3 aromatic rings. The number of hydrogen-bond acceptors (Lipinski definition) is 5. The second-order valence-corrected chi connectivity index (χ2v) is 6.02. The molecule has 7 nitrogen and oxygen atoms in total. The summed E-state index contributed by atoms with van der Waals surface area (Å²) in [6, 6.07) is 9.23. The van der Waals surface area contributed by atoms with E-state index in [1.165, 1.54) is 0 Å². The van der Waals surface area contributed by atoms with Crippen LogP contribution in [0.2, 0.25) is 0 Å². The highest BCUT2D eigenvalue weighted by molar-refractivity contribution is 5.76. The lowest BCUT2D eigenvalue weighted by Gasteiger charge is -2.13. The molecule has 26 heavy (non-hydrogen) atoms. The third kappa shape index (κ3) is 4.66. The van der Waals surface area contributed by atoms with Crippen molar-refractivity contribution >= 4 is 5.91 Å². The van der Waals surface area contributed by atoms with Crippen LogP contribution >= 0.6 is 0 Å². The summed E-state index contributed by atoms with van der Waals surface area (Å²) in [4.78, 5) is 20.7. The van der Waals surface area contributed by atoms with Gasteiger partial charge in [-0.05, 0) is 38.1 Å². The van der Waals surface area contributed by atoms with Gasteiger partial charge in [0.05, 0.1) is 12.2 Å². The van der Waals surface area contributed by atoms with Crippen LogP contribution in [-0.2, 0) is 11.3 Å². The second-order valence-electron chi connectivity index (χ2n) is 6.02. The van der Waals surface area contributed by atoms with Crippen molar-refractivity contribution in [3.8, 4) is 11.6 Å². The van der Waals surface area contributed by atoms with Crippen molar-refractivity contribution in [1.29, 1.82) is 0 Å². The molecule has 0 spiro atoms. The summed E-state index contributed by atoms with van der Waals surface area (Å²) >= 11 is 0. The Kier molecular flexibility index (Phi) is 5.58. The molecule has 0 radical (unpaired) electrons. The fraction of sp³-hybridized carbons (Fsp3) is 0.263. The van der Waals surface area contributed by atoms with E-state index in [0.29, 0.717) is 24.6 Å². The van der Waals surface area contributed by atoms with Crippen molar-refractivity contribution in [1.82, 2.24) is 25.1 Å². The maximum Gasteiger partial charge on any atom is 0.224 e. The van der Waals surface area contributed by atoms with Crippen molar-refractivity contribution in [2.75, 3.05) is 0 Å². The predicted octanol–water partition coefficient (Wildman–Crippen LogP) is 3.04. The first-order chi connectivity index (χ1) is 12.6. The van der Waals surface area contributed by atoms with Gasteiger partial charge in [-0.15, -0.1) is 0 Å². The van der Waals surface area contributed by atoms with Crippen LogP contribution in [0.15, 0.2) is 55.1 Å². The van der Waals surface area contributed by atoms with Gasteiger partial charge in [-0.1, -0.05) is 6.07 Å². The zero-order chi connectivity index (χ0) is 18.4. The van der Waals surface area contributed by atoms with Crippen molar-refractivity contribution < 1.29 is 9.53 Å². The van der Waals surface area contributed by atoms with Gasteiger partial charge in [0, 0.05) is 42.8 Å². The summed E-state index contributed by atoms with van der Waals surface area (Å²) in [6.45, 7) is 4.21. The molecule has 3 rings (SSSR count). The number of carbonyl (C=O) groups excluding carboxylic acids is 1. The Balaban J connectivity index is 1.59. The molecule has 7 heteroatoms. The normalized spacial score (nSPS) is 11.8. The van der Waals surface area contributed by atoms with Gasteiger partial charge in [-0.3, -0.25) is 14.5 Å². The summed E-state index contributed by atoms with van der Waals surface area (Å²) in [5.74, 6) is 1.01. The number of aryl methyl sites for hydroxylation is 1. The first-order valence-electron chi connectivity index (χ1n) is 8.42. The minimum Gasteiger partial charge on any atom is -0.437 e. The summed E-state index contributed by atoms with van der Waals surface area (Å²) < 4.78 is 7.56. The van der Waals surface area contributed by atoms with Crippen LogP contribution in [0.5, 0.6) is 11.6 Å². The largest absolute Gasteiger partial charge is 0.437 e. The third-order valence-corrected chi connectivity index (χ3v) is 3.88. The summed E-state index contributed by atoms with van der Waals surface area (Å²) in [7, 11) is 0. The Morgan fingerprint density at radius 1 is 1.23 bits per heavy atom. The molecule has 1 N–H and O–H groups in total. The van der Waals surface area contributed by atoms with Crippen molar-refractivity contribution in [2.24, 2.45) is 0 Å². The maximum absolute atomic E-state index is 12.2. The van der Waals surface area contributed by atoms with Crippen LogP contribution in [0.3, 0.4) is 0 Å². The van der Waals surface area contributed by atoms with E-state index in [1.54, 1.807) is 23.3 Å². The number of nitrogens with zero attached hydrogens (tertiary/aromatic N) is 4. The van der Waals surface area contributed by atoms with Crippen molar-refractivity contribution in [3.05, 3.63) is 66.4 Å². The second kappa shape index (κ2) is 8.24. The highest BCUT2D eigenvalue weighted by Crippen LogP contribution is 2.22. The molecule has 0 aliphatic rings. The van der Waals surface area contributed by atoms with Gasteiger partial charge in [0.15, 0.2) is 0 Å². The van der Waals surface area contributed by atoms with Crippen LogP contribution in [0.25, 0.3) is 0 Å². The van der Waals surface area contributed by atoms with E-state index in [9.17, 15) is 4.79 Å². The van der Waals surface area contributed by atoms with E-state index in [2.05, 4.69) is 20.4 Å². The molecule has 1 unspecified atom stereocenters. The van der Waals surface area contributed by atoms with Crippen LogP contribution in [0.1, 0.15) is 30.6 Å². The number of ether oxygens (including phenoxy) is 1. The average molecular weight is 351 g/mol. The zero-order valence-electron chi connectivity index (χ0n) is 14.8. The molecule has 3 aromatic heterocycles. The lowest BCUT2D eigenvalue weighted by atomic mass is 10.2. The minimum absolute atomic E-state index is 0.00625. The first-order valence-corrected chi connectivity index (χ1v) is 8.42. The minimum atomic E-state index is -0.0557. The summed E-state index contributed by atoms with van der Waals surface area (Å²) in [5, 5.41) is 7.07. The van der Waals surface area contributed by atoms with E-state index in [0.717, 1.165) is 11.3 Å². The number of pyridine rings is 2. The predicted molar refractivity (Wildman–Crippen MR) is 96.7 cm³/mol. The number of hydrogen-bond donors (Lipinski definition) is 1. The zero-order valence-corrected chi connectivity index (χ0v) is 14.8. The fourth-order valence-corrected chi connectivity index (χ4v) is 2.45. The van der Waals surface area contributed by atoms with Gasteiger partial charge < -0.3 is 10.1 Å². The Bertz CT molecular complexity index is 847. The van der Waals surface area contributed by atoms with Gasteiger partial charge in [-0.2, -0.15) is 5.10 Å². The molecule has 0 aromatic carbocycles. The Labute approximate surface area is 152 Å². The van der Waals surface area contributed by atoms with Crippen molar-refractivity contribution in [3.63, 3.8) is 0 Å². The first kappa shape index (κ1) is 17.6. The summed E-state index contributed by atoms with van der Waals surface area (Å²) in [5.41, 5.74) is 1.71. The number of nitrogens with one attached hydrogen (secondary N) is 1. The van der Waals surface area contributed by atoms with Crippen LogP contribution in [0.4, 0.5) is 0 Å². The molecule has 3 heterocycles. The standard InChI is InChI=1S/C19H21N5O2/c1-14-6-7-17(13-21-14)26-19-16(5-3-8-20-19)12-22-18(25)11-15(2)24-10-4-9-23-24/h3-10,13,15H,11-12H2,1-2H3,(H,22,25). The summed E-state index contributed by atoms with van der Waals surface area (Å²) in [6.07, 6.45) is 7.20. The molecular weight excluding hydrogens is 330 g/mol. The number of aromatic nitrogens is 4. The monoisotopic (exact) mass is 351 g/mol. The molecule has 0 bridgehead atoms. The fourth-order valence-electron chi connectivity index (χ4n) is 2.45. The Morgan fingerprint density at radius 3 is 2.85 bits per heavy atom. The number of amides is 1. The van der Waals surface area contributed by atoms with Crippen LogP contribution in [-0.4, -0.2) is 25.7 Å². The average Bonchev–Trinajstić information content (AvgIpc) is 3.18. The highest BCUT2D eigenvalue weighted by Gasteiger charge is 2.12. The Hall–Kier alpha value is -3.22. The van der Waals surface area contributed by atoms with Gasteiger partial charge in [-0.25, -0.2) is 4.98 Å². The molecule has 0 saturated carbocycles. The smallest absolute Gasteiger partial charge is 0.224 e. The van der Waals surface area contributed by atoms with E-state index >= 15 is 0 Å². The van der Waals surface area contributed by atoms with Crippen LogP contribution < -0.4 is 10.1 Å². The SMILES string of the molecule is Cc1ccc(Oc2ncccc2CNC(=O)CC(C)n2cccn2)cn1. The molecule has 0 aliphatic carbocycles. The van der Waals surface area contributed by atoms with Crippen molar-refractivity contribution in [2.45, 2.75) is 32.9 Å². The third-order valence-electron chi connectivity index (χ3n) is 3.88. The topological polar surface area (TPSA) is 81.9 Å². The van der Waals surface area contributed by atoms with E-state index in [4.69, 9.17) is 4.74 Å². The maximum atomic E-state index is 12.2. The van der Waals surface area contributed by atoms with Gasteiger partial charge in [0.1, 0.15) is 5.75 Å². The number of carbonyl (C=O) groups is 1. The Morgan fingerprint density at radius 2 is 2.12 bits per heavy atom. The molecular formula is C19H21N5O2. The van der Waals surface area contributed by atoms with E-state index < -0.39 is 0 Å². The van der Waals surface area contributed by atoms with E-state index in [-0.39, 0.29) is 11.9 Å². The van der Waals surface area contributed by atoms with Gasteiger partial charge in [0.25, 0.3) is 0 Å². The lowest BCUT2D eigenvalue weighted by Crippen LogP contribution is -2.25. The molecule has 134 valence electrons. The van der Waals surface area contributed by atoms with E-state index in [1.807, 2.05) is 50.4 Å².